The fourth-order valence-electron chi connectivity index (χ4n) is 5.21. The van der Waals surface area contributed by atoms with Crippen LogP contribution in [0.1, 0.15) is 45.1 Å². The van der Waals surface area contributed by atoms with Gasteiger partial charge in [-0.1, -0.05) is 6.07 Å². The molecule has 0 unspecified atom stereocenters. The van der Waals surface area contributed by atoms with Gasteiger partial charge in [-0.2, -0.15) is 0 Å². The minimum absolute atomic E-state index is 0.114. The van der Waals surface area contributed by atoms with E-state index in [4.69, 9.17) is 17.0 Å². The van der Waals surface area contributed by atoms with Crippen LogP contribution in [-0.2, 0) is 4.74 Å². The molecule has 38 heavy (non-hydrogen) atoms. The van der Waals surface area contributed by atoms with E-state index in [2.05, 4.69) is 68.8 Å². The Labute approximate surface area is 228 Å². The van der Waals surface area contributed by atoms with E-state index >= 15 is 0 Å². The zero-order chi connectivity index (χ0) is 27.0. The highest BCUT2D eigenvalue weighted by atomic mass is 32.1. The first-order valence-corrected chi connectivity index (χ1v) is 12.9. The van der Waals surface area contributed by atoms with E-state index in [0.29, 0.717) is 10.7 Å². The average molecular weight is 526 g/mol. The van der Waals surface area contributed by atoms with Crippen LogP contribution in [0.3, 0.4) is 0 Å². The minimum atomic E-state index is -0.349. The van der Waals surface area contributed by atoms with Gasteiger partial charge in [-0.3, -0.25) is 4.98 Å². The number of ether oxygens (including phenoxy) is 1. The number of hydrogen-bond donors (Lipinski definition) is 1. The number of thiocarbonyl (C=S) groups is 1. The van der Waals surface area contributed by atoms with Crippen molar-refractivity contribution < 1.29 is 9.53 Å². The molecule has 8 heteroatoms. The first-order valence-electron chi connectivity index (χ1n) is 12.5. The van der Waals surface area contributed by atoms with Gasteiger partial charge in [-0.25, -0.2) is 4.79 Å². The van der Waals surface area contributed by atoms with Crippen molar-refractivity contribution in [3.05, 3.63) is 107 Å². The topological polar surface area (TPSA) is 62.6 Å². The lowest BCUT2D eigenvalue weighted by Crippen LogP contribution is -2.29. The van der Waals surface area contributed by atoms with Crippen LogP contribution in [0.4, 0.5) is 11.4 Å². The Morgan fingerprint density at radius 3 is 2.29 bits per heavy atom. The number of esters is 1. The molecule has 0 radical (unpaired) electrons. The first kappa shape index (κ1) is 25.5. The summed E-state index contributed by atoms with van der Waals surface area (Å²) in [5.74, 6) is -0.349. The number of aromatic nitrogens is 2. The number of nitrogens with one attached hydrogen (secondary N) is 1. The van der Waals surface area contributed by atoms with Crippen LogP contribution in [0, 0.1) is 13.8 Å². The Kier molecular flexibility index (Phi) is 6.91. The summed E-state index contributed by atoms with van der Waals surface area (Å²) in [6, 6.07) is 23.9. The molecule has 5 rings (SSSR count). The van der Waals surface area contributed by atoms with Gasteiger partial charge in [-0.05, 0) is 98.4 Å². The number of nitrogens with zero attached hydrogens (tertiary/aromatic N) is 4. The van der Waals surface area contributed by atoms with Crippen LogP contribution < -0.4 is 15.1 Å². The molecule has 1 aliphatic rings. The summed E-state index contributed by atoms with van der Waals surface area (Å²) in [7, 11) is 5.45. The maximum atomic E-state index is 11.9. The summed E-state index contributed by atoms with van der Waals surface area (Å²) in [4.78, 5) is 20.9. The fraction of sp³-hybridized carbons (Fsp3) is 0.233. The molecule has 1 N–H and O–H groups in total. The van der Waals surface area contributed by atoms with Crippen LogP contribution in [0.2, 0.25) is 0 Å². The molecule has 194 valence electrons. The lowest BCUT2D eigenvalue weighted by molar-refractivity contribution is 0.0600. The molecule has 0 saturated carbocycles. The molecule has 7 nitrogen and oxygen atoms in total. The van der Waals surface area contributed by atoms with Crippen molar-refractivity contribution in [3.63, 3.8) is 0 Å². The number of benzene rings is 2. The summed E-state index contributed by atoms with van der Waals surface area (Å²) in [5.41, 5.74) is 7.90. The second-order valence-electron chi connectivity index (χ2n) is 9.61. The summed E-state index contributed by atoms with van der Waals surface area (Å²) in [6.45, 7) is 4.22. The van der Waals surface area contributed by atoms with Gasteiger partial charge < -0.3 is 24.4 Å². The standard InChI is InChI=1S/C30H31N5O2S/c1-19-18-25(20(2)34(19)23-11-9-21(10-12-23)29(36)37-5)28-27(26-8-6-7-17-31-26)32-30(38)35(28)24-15-13-22(14-16-24)33(3)4/h6-18,27-28H,1-5H3,(H,32,38)/t27-,28-/m1/s1. The van der Waals surface area contributed by atoms with Crippen molar-refractivity contribution in [1.29, 1.82) is 0 Å². The SMILES string of the molecule is COC(=O)c1ccc(-n2c(C)cc([C@@H]3[C@@H](c4ccccn4)NC(=S)N3c3ccc(N(C)C)cc3)c2C)cc1. The van der Waals surface area contributed by atoms with Crippen molar-refractivity contribution >= 4 is 34.7 Å². The van der Waals surface area contributed by atoms with E-state index in [0.717, 1.165) is 39.7 Å². The third-order valence-corrected chi connectivity index (χ3v) is 7.39. The van der Waals surface area contributed by atoms with Crippen molar-refractivity contribution in [1.82, 2.24) is 14.9 Å². The van der Waals surface area contributed by atoms with Crippen LogP contribution in [0.5, 0.6) is 0 Å². The number of methoxy groups -OCH3 is 1. The van der Waals surface area contributed by atoms with Crippen molar-refractivity contribution in [2.24, 2.45) is 0 Å². The number of pyridine rings is 1. The number of hydrogen-bond acceptors (Lipinski definition) is 5. The largest absolute Gasteiger partial charge is 0.465 e. The number of carbonyl (C=O) groups excluding carboxylic acids is 1. The van der Waals surface area contributed by atoms with Crippen LogP contribution >= 0.6 is 12.2 Å². The van der Waals surface area contributed by atoms with Gasteiger partial charge in [0, 0.05) is 48.7 Å². The van der Waals surface area contributed by atoms with E-state index in [-0.39, 0.29) is 18.1 Å². The molecule has 0 spiro atoms. The maximum Gasteiger partial charge on any atom is 0.337 e. The number of aryl methyl sites for hydroxylation is 1. The second-order valence-corrected chi connectivity index (χ2v) is 9.99. The molecule has 2 aromatic carbocycles. The molecule has 1 aliphatic heterocycles. The Morgan fingerprint density at radius 2 is 1.68 bits per heavy atom. The van der Waals surface area contributed by atoms with Gasteiger partial charge in [0.1, 0.15) is 0 Å². The Morgan fingerprint density at radius 1 is 1.00 bits per heavy atom. The van der Waals surface area contributed by atoms with Crippen LogP contribution in [0.15, 0.2) is 79.0 Å². The lowest BCUT2D eigenvalue weighted by atomic mass is 9.96. The van der Waals surface area contributed by atoms with E-state index in [1.54, 1.807) is 12.1 Å². The average Bonchev–Trinajstić information content (AvgIpc) is 3.43. The Bertz CT molecular complexity index is 1460. The third-order valence-electron chi connectivity index (χ3n) is 7.08. The van der Waals surface area contributed by atoms with Crippen molar-refractivity contribution in [2.75, 3.05) is 31.0 Å². The minimum Gasteiger partial charge on any atom is -0.465 e. The molecule has 4 aromatic rings. The molecule has 0 bridgehead atoms. The second kappa shape index (κ2) is 10.3. The quantitative estimate of drug-likeness (QED) is 0.263. The molecule has 1 saturated heterocycles. The molecule has 0 amide bonds. The molecular formula is C30H31N5O2S. The maximum absolute atomic E-state index is 11.9. The molecule has 3 heterocycles. The molecule has 0 aliphatic carbocycles. The van der Waals surface area contributed by atoms with Crippen molar-refractivity contribution in [2.45, 2.75) is 25.9 Å². The van der Waals surface area contributed by atoms with E-state index in [9.17, 15) is 4.79 Å². The lowest BCUT2D eigenvalue weighted by Gasteiger charge is -2.28. The predicted octanol–water partition coefficient (Wildman–Crippen LogP) is 5.52. The van der Waals surface area contributed by atoms with Gasteiger partial charge in [0.15, 0.2) is 5.11 Å². The summed E-state index contributed by atoms with van der Waals surface area (Å²) in [6.07, 6.45) is 1.82. The predicted molar refractivity (Wildman–Crippen MR) is 155 cm³/mol. The van der Waals surface area contributed by atoms with Gasteiger partial charge in [0.05, 0.1) is 30.5 Å². The highest BCUT2D eigenvalue weighted by Crippen LogP contribution is 2.44. The van der Waals surface area contributed by atoms with Crippen LogP contribution in [-0.4, -0.2) is 41.8 Å². The third kappa shape index (κ3) is 4.52. The van der Waals surface area contributed by atoms with E-state index in [1.807, 2.05) is 50.6 Å². The van der Waals surface area contributed by atoms with Gasteiger partial charge >= 0.3 is 5.97 Å². The van der Waals surface area contributed by atoms with Crippen LogP contribution in [0.25, 0.3) is 5.69 Å². The zero-order valence-electron chi connectivity index (χ0n) is 22.2. The van der Waals surface area contributed by atoms with Crippen molar-refractivity contribution in [3.8, 4) is 5.69 Å². The molecular weight excluding hydrogens is 494 g/mol. The highest BCUT2D eigenvalue weighted by Gasteiger charge is 2.42. The fourth-order valence-corrected chi connectivity index (χ4v) is 5.56. The van der Waals surface area contributed by atoms with E-state index in [1.165, 1.54) is 7.11 Å². The normalized spacial score (nSPS) is 16.9. The smallest absolute Gasteiger partial charge is 0.337 e. The Hall–Kier alpha value is -4.17. The van der Waals surface area contributed by atoms with Gasteiger partial charge in [0.25, 0.3) is 0 Å². The summed E-state index contributed by atoms with van der Waals surface area (Å²) < 4.78 is 7.07. The molecule has 2 aromatic heterocycles. The molecule has 1 fully saturated rings. The summed E-state index contributed by atoms with van der Waals surface area (Å²) >= 11 is 5.91. The number of rotatable bonds is 6. The van der Waals surface area contributed by atoms with E-state index < -0.39 is 0 Å². The molecule has 2 atom stereocenters. The van der Waals surface area contributed by atoms with Gasteiger partial charge in [-0.15, -0.1) is 0 Å². The summed E-state index contributed by atoms with van der Waals surface area (Å²) in [5, 5.41) is 4.21. The highest BCUT2D eigenvalue weighted by molar-refractivity contribution is 7.80. The van der Waals surface area contributed by atoms with Gasteiger partial charge in [0.2, 0.25) is 0 Å². The first-order chi connectivity index (χ1) is 18.3. The number of carbonyl (C=O) groups is 1. The monoisotopic (exact) mass is 525 g/mol. The zero-order valence-corrected chi connectivity index (χ0v) is 23.0. The Balaban J connectivity index is 1.61. The number of anilines is 2.